The summed E-state index contributed by atoms with van der Waals surface area (Å²) in [4.78, 5) is 11.6. The smallest absolute Gasteiger partial charge is 0.204 e. The summed E-state index contributed by atoms with van der Waals surface area (Å²) >= 11 is 1.27. The van der Waals surface area contributed by atoms with Crippen molar-refractivity contribution in [2.24, 2.45) is 9.39 Å². The molecule has 3 N–H and O–H groups in total. The molecule has 9 heteroatoms. The molecule has 1 aromatic rings. The van der Waals surface area contributed by atoms with Gasteiger partial charge in [-0.25, -0.2) is 19.2 Å². The highest BCUT2D eigenvalue weighted by Crippen LogP contribution is 2.10. The zero-order valence-electron chi connectivity index (χ0n) is 7.62. The van der Waals surface area contributed by atoms with E-state index in [4.69, 9.17) is 5.73 Å². The Morgan fingerprint density at radius 1 is 1.53 bits per heavy atom. The fourth-order valence-electron chi connectivity index (χ4n) is 1.06. The number of nitrogens with two attached hydrogens (primary N) is 1. The Morgan fingerprint density at radius 3 is 2.93 bits per heavy atom. The van der Waals surface area contributed by atoms with Gasteiger partial charge >= 0.3 is 0 Å². The van der Waals surface area contributed by atoms with Gasteiger partial charge in [0.05, 0.1) is 0 Å². The van der Waals surface area contributed by atoms with Crippen molar-refractivity contribution >= 4 is 33.9 Å². The lowest BCUT2D eigenvalue weighted by atomic mass is 10.6. The van der Waals surface area contributed by atoms with Crippen molar-refractivity contribution in [3.8, 4) is 0 Å². The summed E-state index contributed by atoms with van der Waals surface area (Å²) in [6, 6.07) is 0. The molecule has 0 amide bonds. The Kier molecular flexibility index (Phi) is 2.37. The van der Waals surface area contributed by atoms with E-state index in [1.165, 1.54) is 11.8 Å². The average molecular weight is 245 g/mol. The molecule has 0 saturated heterocycles. The zero-order valence-corrected chi connectivity index (χ0v) is 9.25. The third kappa shape index (κ3) is 1.68. The highest BCUT2D eigenvalue weighted by molar-refractivity contribution is 7.98. The van der Waals surface area contributed by atoms with Crippen LogP contribution in [0.25, 0.3) is 0 Å². The largest absolute Gasteiger partial charge is 0.382 e. The molecule has 15 heavy (non-hydrogen) atoms. The quantitative estimate of drug-likeness (QED) is 0.386. The summed E-state index contributed by atoms with van der Waals surface area (Å²) in [7, 11) is -3.53. The van der Waals surface area contributed by atoms with E-state index in [1.807, 2.05) is 0 Å². The van der Waals surface area contributed by atoms with Gasteiger partial charge in [-0.3, -0.25) is 4.55 Å². The Morgan fingerprint density at radius 2 is 2.27 bits per heavy atom. The lowest BCUT2D eigenvalue weighted by molar-refractivity contribution is 0.557. The molecule has 1 aliphatic rings. The van der Waals surface area contributed by atoms with Crippen LogP contribution in [-0.4, -0.2) is 31.3 Å². The van der Waals surface area contributed by atoms with Crippen LogP contribution in [0.1, 0.15) is 0 Å². The molecule has 1 unspecified atom stereocenters. The van der Waals surface area contributed by atoms with Gasteiger partial charge in [-0.15, -0.1) is 0 Å². The van der Waals surface area contributed by atoms with Crippen molar-refractivity contribution in [2.45, 2.75) is 5.16 Å². The van der Waals surface area contributed by atoms with Crippen LogP contribution < -0.4 is 11.2 Å². The van der Waals surface area contributed by atoms with Gasteiger partial charge in [0, 0.05) is 0 Å². The van der Waals surface area contributed by atoms with Crippen molar-refractivity contribution in [3.05, 3.63) is 10.00 Å². The minimum Gasteiger partial charge on any atom is -0.382 e. The van der Waals surface area contributed by atoms with Gasteiger partial charge in [-0.2, -0.15) is 4.40 Å². The number of thioether (sulfide) groups is 1. The Labute approximate surface area is 89.5 Å². The van der Waals surface area contributed by atoms with E-state index in [0.717, 1.165) is 6.34 Å². The molecule has 1 atom stereocenters. The van der Waals surface area contributed by atoms with E-state index in [9.17, 15) is 8.76 Å². The van der Waals surface area contributed by atoms with E-state index in [0.29, 0.717) is 5.16 Å². The monoisotopic (exact) mass is 245 g/mol. The molecule has 0 fully saturated rings. The number of hydrogen-bond donors (Lipinski definition) is 2. The second kappa shape index (κ2) is 3.43. The highest BCUT2D eigenvalue weighted by Gasteiger charge is 2.12. The molecule has 0 aliphatic carbocycles. The van der Waals surface area contributed by atoms with Crippen LogP contribution in [0.15, 0.2) is 14.5 Å². The molecule has 0 bridgehead atoms. The number of hydrogen-bond acceptors (Lipinski definition) is 6. The minimum absolute atomic E-state index is 0.0579. The summed E-state index contributed by atoms with van der Waals surface area (Å²) in [6.45, 7) is 0. The molecule has 1 aromatic heterocycles. The summed E-state index contributed by atoms with van der Waals surface area (Å²) in [5, 5.41) is 0.403. The first-order valence-electron chi connectivity index (χ1n) is 3.77. The number of anilines is 1. The molecule has 2 rings (SSSR count). The van der Waals surface area contributed by atoms with E-state index in [-0.39, 0.29) is 15.8 Å². The molecule has 80 valence electrons. The number of fused-ring (bicyclic) bond motifs is 1. The van der Waals surface area contributed by atoms with E-state index in [1.54, 1.807) is 6.26 Å². The summed E-state index contributed by atoms with van der Waals surface area (Å²) < 4.78 is 24.3. The van der Waals surface area contributed by atoms with Gasteiger partial charge in [0.25, 0.3) is 0 Å². The molecule has 0 aromatic carbocycles. The molecule has 7 nitrogen and oxygen atoms in total. The first-order chi connectivity index (χ1) is 7.04. The summed E-state index contributed by atoms with van der Waals surface area (Å²) in [6.07, 6.45) is 2.77. The maximum Gasteiger partial charge on any atom is 0.204 e. The first kappa shape index (κ1) is 10.3. The fourth-order valence-corrected chi connectivity index (χ4v) is 2.37. The van der Waals surface area contributed by atoms with Crippen LogP contribution >= 0.6 is 11.8 Å². The SMILES string of the molecule is CSc1nc(N)c2c(n1)=NC=NS=2(=O)O. The molecular weight excluding hydrogens is 238 g/mol. The first-order valence-corrected chi connectivity index (χ1v) is 6.47. The molecule has 2 heterocycles. The number of aromatic nitrogens is 2. The van der Waals surface area contributed by atoms with Crippen LogP contribution in [0.5, 0.6) is 0 Å². The third-order valence-electron chi connectivity index (χ3n) is 1.67. The van der Waals surface area contributed by atoms with Crippen molar-refractivity contribution < 1.29 is 8.76 Å². The van der Waals surface area contributed by atoms with Crippen molar-refractivity contribution in [1.29, 1.82) is 0 Å². The Balaban J connectivity index is 3.04. The van der Waals surface area contributed by atoms with Crippen LogP contribution in [0, 0.1) is 4.51 Å². The van der Waals surface area contributed by atoms with Crippen LogP contribution in [0.2, 0.25) is 0 Å². The lowest BCUT2D eigenvalue weighted by Gasteiger charge is -2.03. The standard InChI is InChI=1S/C6H7N5O2S2/c1-14-6-10-4(7)3-5(11-6)8-2-9-15(3,12)13/h2H,1H3,(H3,7,8,9,10,11,12,13). The summed E-state index contributed by atoms with van der Waals surface area (Å²) in [5.74, 6) is -0.0579. The molecule has 0 saturated carbocycles. The number of rotatable bonds is 1. The Bertz CT molecular complexity index is 646. The second-order valence-electron chi connectivity index (χ2n) is 2.59. The van der Waals surface area contributed by atoms with Gasteiger partial charge in [0.15, 0.2) is 15.2 Å². The second-order valence-corrected chi connectivity index (χ2v) is 4.98. The van der Waals surface area contributed by atoms with Crippen LogP contribution in [0.3, 0.4) is 0 Å². The summed E-state index contributed by atoms with van der Waals surface area (Å²) in [5.41, 5.74) is 5.66. The van der Waals surface area contributed by atoms with Crippen LogP contribution in [0.4, 0.5) is 5.82 Å². The lowest BCUT2D eigenvalue weighted by Crippen LogP contribution is -2.21. The third-order valence-corrected chi connectivity index (χ3v) is 3.52. The molecule has 0 spiro atoms. The van der Waals surface area contributed by atoms with Crippen LogP contribution in [-0.2, 0) is 9.99 Å². The van der Waals surface area contributed by atoms with E-state index in [2.05, 4.69) is 19.4 Å². The predicted octanol–water partition coefficient (Wildman–Crippen LogP) is -0.635. The van der Waals surface area contributed by atoms with Gasteiger partial charge < -0.3 is 5.73 Å². The average Bonchev–Trinajstić information content (AvgIpc) is 2.15. The topological polar surface area (TPSA) is 114 Å². The minimum atomic E-state index is -3.53. The molecular formula is C6H7N5O2S2. The maximum absolute atomic E-state index is 11.6. The fraction of sp³-hybridized carbons (Fsp3) is 0.167. The normalized spacial score (nSPS) is 23.3. The van der Waals surface area contributed by atoms with Gasteiger partial charge in [-0.1, -0.05) is 11.8 Å². The molecule has 1 aliphatic heterocycles. The maximum atomic E-state index is 11.6. The van der Waals surface area contributed by atoms with Crippen molar-refractivity contribution in [1.82, 2.24) is 9.97 Å². The van der Waals surface area contributed by atoms with Gasteiger partial charge in [-0.05, 0) is 6.26 Å². The van der Waals surface area contributed by atoms with Crippen molar-refractivity contribution in [2.75, 3.05) is 12.0 Å². The molecule has 0 radical (unpaired) electrons. The van der Waals surface area contributed by atoms with E-state index >= 15 is 0 Å². The highest BCUT2D eigenvalue weighted by atomic mass is 32.2. The number of nitrogen functional groups attached to an aromatic ring is 1. The van der Waals surface area contributed by atoms with Gasteiger partial charge in [0.2, 0.25) is 9.99 Å². The van der Waals surface area contributed by atoms with Gasteiger partial charge in [0.1, 0.15) is 12.2 Å². The Hall–Kier alpha value is -1.19. The number of nitrogens with zero attached hydrogens (tertiary/aromatic N) is 4. The zero-order chi connectivity index (χ0) is 11.1. The predicted molar refractivity (Wildman–Crippen MR) is 57.5 cm³/mol. The van der Waals surface area contributed by atoms with E-state index < -0.39 is 9.99 Å². The van der Waals surface area contributed by atoms with Crippen molar-refractivity contribution in [3.63, 3.8) is 0 Å².